The highest BCUT2D eigenvalue weighted by Crippen LogP contribution is 2.30. The van der Waals surface area contributed by atoms with E-state index < -0.39 is 9.84 Å². The van der Waals surface area contributed by atoms with E-state index in [1.165, 1.54) is 32.2 Å². The second kappa shape index (κ2) is 8.49. The molecule has 5 heteroatoms. The summed E-state index contributed by atoms with van der Waals surface area (Å²) in [4.78, 5) is 2.61. The van der Waals surface area contributed by atoms with Gasteiger partial charge in [-0.3, -0.25) is 4.90 Å². The minimum Gasteiger partial charge on any atom is -0.312 e. The number of hydrogen-bond donors (Lipinski definition) is 1. The molecule has 0 saturated carbocycles. The first kappa shape index (κ1) is 18.9. The van der Waals surface area contributed by atoms with Crippen molar-refractivity contribution in [1.29, 1.82) is 0 Å². The van der Waals surface area contributed by atoms with Gasteiger partial charge in [0.25, 0.3) is 0 Å². The van der Waals surface area contributed by atoms with Crippen LogP contribution in [0, 0.1) is 0 Å². The summed E-state index contributed by atoms with van der Waals surface area (Å²) in [5.74, 6) is 0.303. The summed E-state index contributed by atoms with van der Waals surface area (Å²) in [7, 11) is -2.85. The van der Waals surface area contributed by atoms with Crippen LogP contribution < -0.4 is 5.32 Å². The molecule has 0 aromatic heterocycles. The Labute approximate surface area is 131 Å². The Morgan fingerprint density at radius 1 is 1.24 bits per heavy atom. The normalized spacial score (nSPS) is 21.3. The molecular weight excluding hydrogens is 284 g/mol. The third kappa shape index (κ3) is 5.87. The number of hydrogen-bond acceptors (Lipinski definition) is 4. The number of rotatable bonds is 10. The Morgan fingerprint density at radius 2 is 1.86 bits per heavy atom. The average molecular weight is 319 g/mol. The van der Waals surface area contributed by atoms with Gasteiger partial charge in [0.1, 0.15) is 9.84 Å². The molecule has 1 fully saturated rings. The van der Waals surface area contributed by atoms with Crippen LogP contribution in [0.25, 0.3) is 0 Å². The zero-order valence-electron chi connectivity index (χ0n) is 14.3. The van der Waals surface area contributed by atoms with E-state index in [1.54, 1.807) is 0 Å². The van der Waals surface area contributed by atoms with Crippen molar-refractivity contribution in [2.75, 3.05) is 31.6 Å². The molecule has 0 aliphatic carbocycles. The first-order valence-electron chi connectivity index (χ1n) is 8.49. The smallest absolute Gasteiger partial charge is 0.147 e. The van der Waals surface area contributed by atoms with Gasteiger partial charge in [0.15, 0.2) is 0 Å². The average Bonchev–Trinajstić information content (AvgIpc) is 2.95. The fourth-order valence-electron chi connectivity index (χ4n) is 3.42. The van der Waals surface area contributed by atoms with Crippen molar-refractivity contribution in [3.05, 3.63) is 0 Å². The highest BCUT2D eigenvalue weighted by atomic mass is 32.2. The van der Waals surface area contributed by atoms with Crippen LogP contribution in [0.4, 0.5) is 0 Å². The second-order valence-corrected chi connectivity index (χ2v) is 8.94. The first-order chi connectivity index (χ1) is 9.83. The van der Waals surface area contributed by atoms with Crippen molar-refractivity contribution in [3.63, 3.8) is 0 Å². The Kier molecular flexibility index (Phi) is 7.65. The third-order valence-electron chi connectivity index (χ3n) is 4.94. The maximum atomic E-state index is 11.4. The van der Waals surface area contributed by atoms with Crippen LogP contribution in [-0.2, 0) is 9.84 Å². The largest absolute Gasteiger partial charge is 0.312 e. The quantitative estimate of drug-likeness (QED) is 0.672. The molecule has 21 heavy (non-hydrogen) atoms. The lowest BCUT2D eigenvalue weighted by atomic mass is 9.84. The van der Waals surface area contributed by atoms with Gasteiger partial charge in [-0.2, -0.15) is 0 Å². The molecule has 1 aliphatic heterocycles. The van der Waals surface area contributed by atoms with Crippen molar-refractivity contribution in [1.82, 2.24) is 10.2 Å². The van der Waals surface area contributed by atoms with E-state index in [9.17, 15) is 8.42 Å². The molecule has 1 rings (SSSR count). The van der Waals surface area contributed by atoms with Crippen LogP contribution in [0.5, 0.6) is 0 Å². The molecule has 0 amide bonds. The van der Waals surface area contributed by atoms with Crippen LogP contribution in [0.3, 0.4) is 0 Å². The second-order valence-electron chi connectivity index (χ2n) is 6.68. The summed E-state index contributed by atoms with van der Waals surface area (Å²) in [5.41, 5.74) is 0.142. The number of nitrogens with zero attached hydrogens (tertiary/aromatic N) is 1. The van der Waals surface area contributed by atoms with Crippen LogP contribution >= 0.6 is 0 Å². The van der Waals surface area contributed by atoms with Crippen molar-refractivity contribution in [2.24, 2.45) is 0 Å². The number of nitrogens with one attached hydrogen (secondary N) is 1. The van der Waals surface area contributed by atoms with Gasteiger partial charge in [0, 0.05) is 23.6 Å². The van der Waals surface area contributed by atoms with Gasteiger partial charge in [0.2, 0.25) is 0 Å². The Balaban J connectivity index is 2.72. The zero-order chi connectivity index (χ0) is 15.9. The molecule has 1 heterocycles. The van der Waals surface area contributed by atoms with Crippen molar-refractivity contribution in [3.8, 4) is 0 Å². The topological polar surface area (TPSA) is 49.4 Å². The fraction of sp³-hybridized carbons (Fsp3) is 1.00. The predicted molar refractivity (Wildman–Crippen MR) is 90.5 cm³/mol. The summed E-state index contributed by atoms with van der Waals surface area (Å²) < 4.78 is 22.7. The first-order valence-corrected chi connectivity index (χ1v) is 10.6. The summed E-state index contributed by atoms with van der Waals surface area (Å²) >= 11 is 0. The molecule has 1 N–H and O–H groups in total. The number of sulfone groups is 1. The van der Waals surface area contributed by atoms with Crippen molar-refractivity contribution in [2.45, 2.75) is 70.9 Å². The molecule has 0 aromatic rings. The molecule has 0 aromatic carbocycles. The molecule has 0 spiro atoms. The van der Waals surface area contributed by atoms with Gasteiger partial charge in [0.05, 0.1) is 0 Å². The monoisotopic (exact) mass is 318 g/mol. The number of likely N-dealkylation sites (tertiary alicyclic amines) is 1. The van der Waals surface area contributed by atoms with Crippen LogP contribution in [0.1, 0.15) is 59.3 Å². The van der Waals surface area contributed by atoms with Gasteiger partial charge in [-0.15, -0.1) is 0 Å². The van der Waals surface area contributed by atoms with E-state index in [1.807, 2.05) is 0 Å². The summed E-state index contributed by atoms with van der Waals surface area (Å²) in [6.45, 7) is 10.2. The van der Waals surface area contributed by atoms with Gasteiger partial charge >= 0.3 is 0 Å². The summed E-state index contributed by atoms with van der Waals surface area (Å²) in [6, 6.07) is 0.377. The van der Waals surface area contributed by atoms with Gasteiger partial charge in [-0.05, 0) is 65.1 Å². The highest BCUT2D eigenvalue weighted by molar-refractivity contribution is 7.90. The third-order valence-corrected chi connectivity index (χ3v) is 5.97. The Bertz CT molecular complexity index is 391. The molecular formula is C16H34N2O2S. The Hall–Kier alpha value is -0.130. The fourth-order valence-corrected chi connectivity index (χ4v) is 4.11. The zero-order valence-corrected chi connectivity index (χ0v) is 15.1. The van der Waals surface area contributed by atoms with E-state index in [0.29, 0.717) is 11.8 Å². The molecule has 0 bridgehead atoms. The molecule has 1 aliphatic rings. The maximum Gasteiger partial charge on any atom is 0.147 e. The van der Waals surface area contributed by atoms with Gasteiger partial charge in [-0.1, -0.05) is 13.8 Å². The predicted octanol–water partition coefficient (Wildman–Crippen LogP) is 2.44. The summed E-state index contributed by atoms with van der Waals surface area (Å²) in [5, 5.41) is 3.69. The van der Waals surface area contributed by atoms with Gasteiger partial charge in [-0.25, -0.2) is 8.42 Å². The lowest BCUT2D eigenvalue weighted by Gasteiger charge is -2.45. The molecule has 126 valence electrons. The van der Waals surface area contributed by atoms with E-state index >= 15 is 0 Å². The molecule has 0 radical (unpaired) electrons. The van der Waals surface area contributed by atoms with Gasteiger partial charge < -0.3 is 5.32 Å². The molecule has 2 unspecified atom stereocenters. The van der Waals surface area contributed by atoms with Crippen LogP contribution in [0.2, 0.25) is 0 Å². The van der Waals surface area contributed by atoms with E-state index in [4.69, 9.17) is 0 Å². The Morgan fingerprint density at radius 3 is 2.33 bits per heavy atom. The van der Waals surface area contributed by atoms with Crippen molar-refractivity contribution < 1.29 is 8.42 Å². The SMILES string of the molecule is CCCNC(CCCS(C)(=O)=O)C(C)(CC)N1CCCC1. The standard InChI is InChI=1S/C16H34N2O2S/c1-5-11-17-15(10-9-14-21(4,19)20)16(3,6-2)18-12-7-8-13-18/h15,17H,5-14H2,1-4H3. The minimum atomic E-state index is -2.85. The van der Waals surface area contributed by atoms with Crippen molar-refractivity contribution >= 4 is 9.84 Å². The lowest BCUT2D eigenvalue weighted by molar-refractivity contribution is 0.0800. The lowest BCUT2D eigenvalue weighted by Crippen LogP contribution is -2.58. The van der Waals surface area contributed by atoms with Crippen LogP contribution in [0.15, 0.2) is 0 Å². The maximum absolute atomic E-state index is 11.4. The van der Waals surface area contributed by atoms with E-state index in [-0.39, 0.29) is 5.54 Å². The summed E-state index contributed by atoms with van der Waals surface area (Å²) in [6.07, 6.45) is 7.83. The molecule has 2 atom stereocenters. The van der Waals surface area contributed by atoms with E-state index in [0.717, 1.165) is 32.2 Å². The molecule has 4 nitrogen and oxygen atoms in total. The minimum absolute atomic E-state index is 0.142. The van der Waals surface area contributed by atoms with E-state index in [2.05, 4.69) is 31.0 Å². The highest BCUT2D eigenvalue weighted by Gasteiger charge is 2.38. The van der Waals surface area contributed by atoms with Crippen LogP contribution in [-0.4, -0.2) is 56.5 Å². The molecule has 1 saturated heterocycles.